The number of para-hydroxylation sites is 2. The van der Waals surface area contributed by atoms with E-state index in [4.69, 9.17) is 26.2 Å². The van der Waals surface area contributed by atoms with E-state index in [1.807, 2.05) is 36.4 Å². The number of nitrogens with two attached hydrogens (primary N) is 2. The SMILES string of the molecule is CCc1ccc(C2C(C#N)=C(N)Oc3c(N)cc4nc5ccccc5nc4c32)cc1. The molecule has 0 radical (unpaired) electrons. The van der Waals surface area contributed by atoms with Crippen LogP contribution in [0.15, 0.2) is 66.1 Å². The van der Waals surface area contributed by atoms with Crippen molar-refractivity contribution in [1.82, 2.24) is 9.97 Å². The molecule has 1 aliphatic heterocycles. The summed E-state index contributed by atoms with van der Waals surface area (Å²) in [6, 6.07) is 19.8. The Kier molecular flexibility index (Phi) is 4.04. The number of nitrogens with zero attached hydrogens (tertiary/aromatic N) is 3. The summed E-state index contributed by atoms with van der Waals surface area (Å²) in [4.78, 5) is 9.61. The highest BCUT2D eigenvalue weighted by Crippen LogP contribution is 2.47. The number of aromatic nitrogens is 2. The molecule has 6 nitrogen and oxygen atoms in total. The predicted octanol–water partition coefficient (Wildman–Crippen LogP) is 4.15. The van der Waals surface area contributed by atoms with E-state index in [0.717, 1.165) is 28.6 Å². The Balaban J connectivity index is 1.87. The average molecular weight is 393 g/mol. The fourth-order valence-corrected chi connectivity index (χ4v) is 4.02. The molecular formula is C24H19N5O. The lowest BCUT2D eigenvalue weighted by atomic mass is 9.82. The fraction of sp³-hybridized carbons (Fsp3) is 0.125. The number of rotatable bonds is 2. The molecule has 4 N–H and O–H groups in total. The first-order valence-electron chi connectivity index (χ1n) is 9.76. The Hall–Kier alpha value is -4.11. The van der Waals surface area contributed by atoms with Crippen LogP contribution in [0.4, 0.5) is 5.69 Å². The zero-order valence-electron chi connectivity index (χ0n) is 16.4. The van der Waals surface area contributed by atoms with Gasteiger partial charge in [-0.2, -0.15) is 5.26 Å². The maximum Gasteiger partial charge on any atom is 0.205 e. The minimum atomic E-state index is -0.439. The van der Waals surface area contributed by atoms with Gasteiger partial charge in [0.2, 0.25) is 5.88 Å². The first-order valence-corrected chi connectivity index (χ1v) is 9.76. The zero-order chi connectivity index (χ0) is 20.8. The van der Waals surface area contributed by atoms with E-state index in [-0.39, 0.29) is 5.88 Å². The molecule has 1 aliphatic rings. The quantitative estimate of drug-likeness (QED) is 0.391. The van der Waals surface area contributed by atoms with Gasteiger partial charge in [0.05, 0.1) is 33.7 Å². The van der Waals surface area contributed by atoms with Gasteiger partial charge in [-0.1, -0.05) is 43.3 Å². The number of anilines is 1. The molecule has 0 saturated heterocycles. The number of aryl methyl sites for hydroxylation is 1. The standard InChI is InChI=1S/C24H19N5O/c1-2-13-7-9-14(10-8-13)20-15(12-25)24(27)30-23-16(26)11-19-22(21(20)23)29-18-6-4-3-5-17(18)28-19/h3-11,20H,2,26-27H2,1H3. The van der Waals surface area contributed by atoms with Crippen LogP contribution in [0.25, 0.3) is 22.1 Å². The number of ether oxygens (including phenoxy) is 1. The number of fused-ring (bicyclic) bond motifs is 4. The Labute approximate surface area is 173 Å². The van der Waals surface area contributed by atoms with Gasteiger partial charge in [-0.05, 0) is 35.7 Å². The van der Waals surface area contributed by atoms with Gasteiger partial charge in [0.1, 0.15) is 11.6 Å². The third-order valence-electron chi connectivity index (χ3n) is 5.55. The number of hydrogen-bond acceptors (Lipinski definition) is 6. The van der Waals surface area contributed by atoms with Crippen LogP contribution < -0.4 is 16.2 Å². The van der Waals surface area contributed by atoms with Gasteiger partial charge in [0.15, 0.2) is 5.75 Å². The monoisotopic (exact) mass is 393 g/mol. The molecule has 6 heteroatoms. The average Bonchev–Trinajstić information content (AvgIpc) is 2.77. The highest BCUT2D eigenvalue weighted by Gasteiger charge is 2.34. The Morgan fingerprint density at radius 1 is 1.00 bits per heavy atom. The van der Waals surface area contributed by atoms with Crippen molar-refractivity contribution in [1.29, 1.82) is 5.26 Å². The molecule has 5 rings (SSSR count). The summed E-state index contributed by atoms with van der Waals surface area (Å²) in [5, 5.41) is 9.90. The first-order chi connectivity index (χ1) is 14.6. The molecule has 0 fully saturated rings. The Morgan fingerprint density at radius 2 is 1.70 bits per heavy atom. The maximum atomic E-state index is 9.90. The second kappa shape index (κ2) is 6.75. The third-order valence-corrected chi connectivity index (χ3v) is 5.55. The lowest BCUT2D eigenvalue weighted by molar-refractivity contribution is 0.397. The summed E-state index contributed by atoms with van der Waals surface area (Å²) < 4.78 is 5.83. The molecule has 0 saturated carbocycles. The van der Waals surface area contributed by atoms with Crippen LogP contribution in [0.1, 0.15) is 29.5 Å². The van der Waals surface area contributed by atoms with Gasteiger partial charge >= 0.3 is 0 Å². The molecule has 1 unspecified atom stereocenters. The van der Waals surface area contributed by atoms with Crippen LogP contribution in [-0.2, 0) is 6.42 Å². The van der Waals surface area contributed by atoms with E-state index >= 15 is 0 Å². The molecule has 0 bridgehead atoms. The van der Waals surface area contributed by atoms with E-state index in [0.29, 0.717) is 28.0 Å². The number of benzene rings is 3. The second-order valence-electron chi connectivity index (χ2n) is 7.31. The minimum Gasteiger partial charge on any atom is -0.438 e. The van der Waals surface area contributed by atoms with Crippen LogP contribution in [0.2, 0.25) is 0 Å². The molecule has 30 heavy (non-hydrogen) atoms. The largest absolute Gasteiger partial charge is 0.438 e. The summed E-state index contributed by atoms with van der Waals surface area (Å²) in [6.45, 7) is 2.10. The first kappa shape index (κ1) is 18.0. The minimum absolute atomic E-state index is 0.0642. The lowest BCUT2D eigenvalue weighted by Gasteiger charge is -2.28. The van der Waals surface area contributed by atoms with Crippen molar-refractivity contribution in [3.05, 3.63) is 82.7 Å². The molecular weight excluding hydrogens is 374 g/mol. The van der Waals surface area contributed by atoms with Crippen molar-refractivity contribution in [2.24, 2.45) is 5.73 Å². The number of allylic oxidation sites excluding steroid dienone is 1. The van der Waals surface area contributed by atoms with Crippen LogP contribution in [0.5, 0.6) is 5.75 Å². The summed E-state index contributed by atoms with van der Waals surface area (Å²) in [5.74, 6) is 0.0635. The van der Waals surface area contributed by atoms with Crippen LogP contribution in [0.3, 0.4) is 0 Å². The van der Waals surface area contributed by atoms with Crippen molar-refractivity contribution in [2.75, 3.05) is 5.73 Å². The van der Waals surface area contributed by atoms with Crippen molar-refractivity contribution < 1.29 is 4.74 Å². The fourth-order valence-electron chi connectivity index (χ4n) is 4.02. The molecule has 2 heterocycles. The third kappa shape index (κ3) is 2.64. The highest BCUT2D eigenvalue weighted by molar-refractivity contribution is 5.94. The topological polar surface area (TPSA) is 111 Å². The molecule has 0 aliphatic carbocycles. The van der Waals surface area contributed by atoms with Crippen LogP contribution in [-0.4, -0.2) is 9.97 Å². The van der Waals surface area contributed by atoms with Crippen LogP contribution >= 0.6 is 0 Å². The summed E-state index contributed by atoms with van der Waals surface area (Å²) in [7, 11) is 0. The van der Waals surface area contributed by atoms with Crippen molar-refractivity contribution in [3.63, 3.8) is 0 Å². The highest BCUT2D eigenvalue weighted by atomic mass is 16.5. The van der Waals surface area contributed by atoms with Gasteiger partial charge in [0.25, 0.3) is 0 Å². The summed E-state index contributed by atoms with van der Waals surface area (Å²) in [5.41, 5.74) is 18.9. The lowest BCUT2D eigenvalue weighted by Crippen LogP contribution is -2.22. The van der Waals surface area contributed by atoms with Crippen molar-refractivity contribution in [3.8, 4) is 11.8 Å². The van der Waals surface area contributed by atoms with E-state index in [1.54, 1.807) is 6.07 Å². The number of nitrogen functional groups attached to an aromatic ring is 1. The van der Waals surface area contributed by atoms with E-state index < -0.39 is 5.92 Å². The molecule has 1 aromatic heterocycles. The predicted molar refractivity (Wildman–Crippen MR) is 117 cm³/mol. The van der Waals surface area contributed by atoms with Crippen molar-refractivity contribution >= 4 is 27.8 Å². The van der Waals surface area contributed by atoms with E-state index in [1.165, 1.54) is 5.56 Å². The van der Waals surface area contributed by atoms with E-state index in [9.17, 15) is 5.26 Å². The molecule has 146 valence electrons. The number of hydrogen-bond donors (Lipinski definition) is 2. The molecule has 0 amide bonds. The molecule has 0 spiro atoms. The Morgan fingerprint density at radius 3 is 2.37 bits per heavy atom. The van der Waals surface area contributed by atoms with Crippen LogP contribution in [0, 0.1) is 11.3 Å². The van der Waals surface area contributed by atoms with E-state index in [2.05, 4.69) is 25.1 Å². The summed E-state index contributed by atoms with van der Waals surface area (Å²) in [6.07, 6.45) is 0.932. The number of nitriles is 1. The molecule has 3 aromatic carbocycles. The van der Waals surface area contributed by atoms with Gasteiger partial charge in [-0.25, -0.2) is 9.97 Å². The Bertz CT molecular complexity index is 1380. The molecule has 1 atom stereocenters. The van der Waals surface area contributed by atoms with Gasteiger partial charge in [-0.3, -0.25) is 0 Å². The maximum absolute atomic E-state index is 9.90. The summed E-state index contributed by atoms with van der Waals surface area (Å²) >= 11 is 0. The molecule has 4 aromatic rings. The van der Waals surface area contributed by atoms with Gasteiger partial charge in [-0.15, -0.1) is 0 Å². The second-order valence-corrected chi connectivity index (χ2v) is 7.31. The van der Waals surface area contributed by atoms with Gasteiger partial charge in [0, 0.05) is 5.56 Å². The van der Waals surface area contributed by atoms with Crippen molar-refractivity contribution in [2.45, 2.75) is 19.3 Å². The normalized spacial score (nSPS) is 15.7. The smallest absolute Gasteiger partial charge is 0.205 e. The zero-order valence-corrected chi connectivity index (χ0v) is 16.4. The van der Waals surface area contributed by atoms with Gasteiger partial charge < -0.3 is 16.2 Å².